The Balaban J connectivity index is 2.86. The normalized spacial score (nSPS) is 11.9. The van der Waals surface area contributed by atoms with Gasteiger partial charge in [-0.25, -0.2) is 4.79 Å². The molecule has 94 valence electrons. The number of carbonyl (C=O) groups excluding carboxylic acids is 1. The van der Waals surface area contributed by atoms with Crippen molar-refractivity contribution in [2.45, 2.75) is 13.0 Å². The van der Waals surface area contributed by atoms with Crippen LogP contribution in [0.5, 0.6) is 0 Å². The third-order valence-corrected chi connectivity index (χ3v) is 3.13. The predicted molar refractivity (Wildman–Crippen MR) is 73.7 cm³/mol. The number of esters is 1. The van der Waals surface area contributed by atoms with Crippen LogP contribution >= 0.6 is 11.8 Å². The highest BCUT2D eigenvalue weighted by Gasteiger charge is 2.10. The van der Waals surface area contributed by atoms with Gasteiger partial charge in [0.15, 0.2) is 0 Å². The second-order valence-electron chi connectivity index (χ2n) is 3.79. The number of carbonyl (C=O) groups is 1. The van der Waals surface area contributed by atoms with Crippen LogP contribution in [-0.2, 0) is 4.74 Å². The first-order valence-corrected chi connectivity index (χ1v) is 6.71. The number of nitrogens with two attached hydrogens (primary N) is 1. The average Bonchev–Trinajstić information content (AvgIpc) is 2.31. The lowest BCUT2D eigenvalue weighted by Gasteiger charge is -2.16. The molecule has 1 aromatic rings. The standard InChI is InChI=1S/C12H18N2O2S/c1-8(7-17-3)14-11-6-9(12(15)16-2)4-5-10(11)13/h4-6,8,14H,7,13H2,1-3H3. The van der Waals surface area contributed by atoms with Crippen molar-refractivity contribution in [3.63, 3.8) is 0 Å². The smallest absolute Gasteiger partial charge is 0.337 e. The number of rotatable bonds is 5. The van der Waals surface area contributed by atoms with Gasteiger partial charge in [0, 0.05) is 11.8 Å². The second kappa shape index (κ2) is 6.39. The largest absolute Gasteiger partial charge is 0.465 e. The van der Waals surface area contributed by atoms with E-state index in [1.807, 2.05) is 6.26 Å². The Hall–Kier alpha value is -1.36. The van der Waals surface area contributed by atoms with Gasteiger partial charge in [0.1, 0.15) is 0 Å². The maximum atomic E-state index is 11.4. The molecule has 1 rings (SSSR count). The quantitative estimate of drug-likeness (QED) is 0.623. The minimum absolute atomic E-state index is 0.292. The van der Waals surface area contributed by atoms with Crippen LogP contribution in [0.1, 0.15) is 17.3 Å². The van der Waals surface area contributed by atoms with Crippen LogP contribution in [0.4, 0.5) is 11.4 Å². The molecule has 0 radical (unpaired) electrons. The summed E-state index contributed by atoms with van der Waals surface area (Å²) >= 11 is 1.75. The molecule has 1 aromatic carbocycles. The average molecular weight is 254 g/mol. The molecule has 3 N–H and O–H groups in total. The molecular formula is C12H18N2O2S. The van der Waals surface area contributed by atoms with Crippen molar-refractivity contribution in [2.24, 2.45) is 0 Å². The van der Waals surface area contributed by atoms with E-state index in [-0.39, 0.29) is 5.97 Å². The molecule has 0 saturated carbocycles. The Kier molecular flexibility index (Phi) is 5.15. The third-order valence-electron chi connectivity index (χ3n) is 2.29. The monoisotopic (exact) mass is 254 g/mol. The van der Waals surface area contributed by atoms with E-state index in [0.29, 0.717) is 17.3 Å². The molecule has 0 heterocycles. The summed E-state index contributed by atoms with van der Waals surface area (Å²) in [6.07, 6.45) is 2.05. The van der Waals surface area contributed by atoms with Crippen LogP contribution in [0.15, 0.2) is 18.2 Å². The van der Waals surface area contributed by atoms with Gasteiger partial charge in [-0.05, 0) is 31.4 Å². The van der Waals surface area contributed by atoms with Gasteiger partial charge in [0.25, 0.3) is 0 Å². The molecule has 0 saturated heterocycles. The molecule has 5 heteroatoms. The molecule has 1 unspecified atom stereocenters. The van der Waals surface area contributed by atoms with Gasteiger partial charge in [-0.15, -0.1) is 0 Å². The summed E-state index contributed by atoms with van der Waals surface area (Å²) in [6, 6.07) is 5.38. The van der Waals surface area contributed by atoms with Gasteiger partial charge in [-0.2, -0.15) is 11.8 Å². The van der Waals surface area contributed by atoms with Gasteiger partial charge < -0.3 is 15.8 Å². The topological polar surface area (TPSA) is 64.3 Å². The first-order chi connectivity index (χ1) is 8.08. The third kappa shape index (κ3) is 3.85. The number of methoxy groups -OCH3 is 1. The Morgan fingerprint density at radius 2 is 2.29 bits per heavy atom. The van der Waals surface area contributed by atoms with Crippen molar-refractivity contribution < 1.29 is 9.53 Å². The van der Waals surface area contributed by atoms with Crippen molar-refractivity contribution in [1.82, 2.24) is 0 Å². The van der Waals surface area contributed by atoms with Crippen LogP contribution in [0.2, 0.25) is 0 Å². The van der Waals surface area contributed by atoms with Crippen LogP contribution in [0, 0.1) is 0 Å². The predicted octanol–water partition coefficient (Wildman–Crippen LogP) is 2.22. The SMILES string of the molecule is COC(=O)c1ccc(N)c(NC(C)CSC)c1. The minimum atomic E-state index is -0.356. The molecule has 4 nitrogen and oxygen atoms in total. The zero-order valence-corrected chi connectivity index (χ0v) is 11.1. The Labute approximate surface area is 106 Å². The minimum Gasteiger partial charge on any atom is -0.465 e. The number of benzene rings is 1. The molecule has 0 fully saturated rings. The van der Waals surface area contributed by atoms with E-state index >= 15 is 0 Å². The summed E-state index contributed by atoms with van der Waals surface area (Å²) in [7, 11) is 1.36. The van der Waals surface area contributed by atoms with Gasteiger partial charge in [-0.3, -0.25) is 0 Å². The molecular weight excluding hydrogens is 236 g/mol. The highest BCUT2D eigenvalue weighted by molar-refractivity contribution is 7.98. The van der Waals surface area contributed by atoms with E-state index < -0.39 is 0 Å². The Bertz CT molecular complexity index is 396. The van der Waals surface area contributed by atoms with Gasteiger partial charge >= 0.3 is 5.97 Å². The fraction of sp³-hybridized carbons (Fsp3) is 0.417. The van der Waals surface area contributed by atoms with Crippen LogP contribution in [-0.4, -0.2) is 31.1 Å². The zero-order valence-electron chi connectivity index (χ0n) is 10.3. The molecule has 0 amide bonds. The number of anilines is 2. The molecule has 0 aromatic heterocycles. The van der Waals surface area contributed by atoms with Crippen molar-refractivity contribution in [2.75, 3.05) is 30.2 Å². The molecule has 0 aliphatic heterocycles. The fourth-order valence-electron chi connectivity index (χ4n) is 1.48. The summed E-state index contributed by atoms with van der Waals surface area (Å²) in [5, 5.41) is 3.28. The van der Waals surface area contributed by atoms with Crippen LogP contribution in [0.25, 0.3) is 0 Å². The lowest BCUT2D eigenvalue weighted by atomic mass is 10.1. The Morgan fingerprint density at radius 1 is 1.59 bits per heavy atom. The Morgan fingerprint density at radius 3 is 2.88 bits per heavy atom. The van der Waals surface area contributed by atoms with Crippen LogP contribution < -0.4 is 11.1 Å². The first kappa shape index (κ1) is 13.7. The van der Waals surface area contributed by atoms with E-state index in [1.165, 1.54) is 7.11 Å². The summed E-state index contributed by atoms with van der Waals surface area (Å²) in [5.41, 5.74) is 7.76. The molecule has 1 atom stereocenters. The molecule has 0 aliphatic carbocycles. The molecule has 0 spiro atoms. The number of hydrogen-bond donors (Lipinski definition) is 2. The highest BCUT2D eigenvalue weighted by atomic mass is 32.2. The van der Waals surface area contributed by atoms with E-state index in [2.05, 4.69) is 17.0 Å². The van der Waals surface area contributed by atoms with Crippen molar-refractivity contribution in [3.8, 4) is 0 Å². The molecule has 17 heavy (non-hydrogen) atoms. The van der Waals surface area contributed by atoms with E-state index in [4.69, 9.17) is 5.73 Å². The van der Waals surface area contributed by atoms with Gasteiger partial charge in [0.05, 0.1) is 24.0 Å². The summed E-state index contributed by atoms with van der Waals surface area (Å²) in [6.45, 7) is 2.07. The second-order valence-corrected chi connectivity index (χ2v) is 4.71. The van der Waals surface area contributed by atoms with Crippen LogP contribution in [0.3, 0.4) is 0 Å². The number of thioether (sulfide) groups is 1. The van der Waals surface area contributed by atoms with E-state index in [1.54, 1.807) is 30.0 Å². The lowest BCUT2D eigenvalue weighted by molar-refractivity contribution is 0.0601. The first-order valence-electron chi connectivity index (χ1n) is 5.31. The number of nitrogens with one attached hydrogen (secondary N) is 1. The van der Waals surface area contributed by atoms with Crippen molar-refractivity contribution >= 4 is 29.1 Å². The molecule has 0 aliphatic rings. The molecule has 0 bridgehead atoms. The highest BCUT2D eigenvalue weighted by Crippen LogP contribution is 2.21. The summed E-state index contributed by atoms with van der Waals surface area (Å²) < 4.78 is 4.67. The fourth-order valence-corrected chi connectivity index (χ4v) is 2.07. The number of ether oxygens (including phenoxy) is 1. The van der Waals surface area contributed by atoms with E-state index in [9.17, 15) is 4.79 Å². The van der Waals surface area contributed by atoms with Crippen molar-refractivity contribution in [1.29, 1.82) is 0 Å². The summed E-state index contributed by atoms with van der Waals surface area (Å²) in [5.74, 6) is 0.618. The lowest BCUT2D eigenvalue weighted by Crippen LogP contribution is -2.19. The maximum absolute atomic E-state index is 11.4. The van der Waals surface area contributed by atoms with Gasteiger partial charge in [0.2, 0.25) is 0 Å². The number of nitrogen functional groups attached to an aromatic ring is 1. The van der Waals surface area contributed by atoms with E-state index in [0.717, 1.165) is 11.4 Å². The van der Waals surface area contributed by atoms with Gasteiger partial charge in [-0.1, -0.05) is 0 Å². The van der Waals surface area contributed by atoms with Crippen molar-refractivity contribution in [3.05, 3.63) is 23.8 Å². The summed E-state index contributed by atoms with van der Waals surface area (Å²) in [4.78, 5) is 11.4. The maximum Gasteiger partial charge on any atom is 0.337 e. The zero-order chi connectivity index (χ0) is 12.8. The number of hydrogen-bond acceptors (Lipinski definition) is 5.